The van der Waals surface area contributed by atoms with E-state index in [-0.39, 0.29) is 5.41 Å². The van der Waals surface area contributed by atoms with Crippen LogP contribution < -0.4 is 9.47 Å². The summed E-state index contributed by atoms with van der Waals surface area (Å²) in [5, 5.41) is 0. The monoisotopic (exact) mass is 608 g/mol. The van der Waals surface area contributed by atoms with E-state index in [4.69, 9.17) is 24.4 Å². The van der Waals surface area contributed by atoms with Crippen LogP contribution in [-0.2, 0) is 5.41 Å². The third-order valence-corrected chi connectivity index (χ3v) is 9.07. The highest BCUT2D eigenvalue weighted by Crippen LogP contribution is 2.56. The molecule has 224 valence electrons. The first-order chi connectivity index (χ1) is 23.0. The summed E-state index contributed by atoms with van der Waals surface area (Å²) >= 11 is 0. The van der Waals surface area contributed by atoms with Crippen molar-refractivity contribution in [1.82, 2.24) is 19.9 Å². The maximum absolute atomic E-state index is 6.65. The molecule has 6 heteroatoms. The van der Waals surface area contributed by atoms with Crippen molar-refractivity contribution in [1.29, 1.82) is 0 Å². The zero-order valence-corrected chi connectivity index (χ0v) is 25.8. The minimum absolute atomic E-state index is 0.118. The summed E-state index contributed by atoms with van der Waals surface area (Å²) in [6, 6.07) is 42.7. The van der Waals surface area contributed by atoms with Crippen molar-refractivity contribution in [3.63, 3.8) is 0 Å². The van der Waals surface area contributed by atoms with Gasteiger partial charge in [-0.2, -0.15) is 0 Å². The highest BCUT2D eigenvalue weighted by Gasteiger charge is 2.37. The number of ether oxygens (including phenoxy) is 2. The van der Waals surface area contributed by atoms with Gasteiger partial charge in [-0.3, -0.25) is 4.98 Å². The Hall–Kier alpha value is -6.14. The van der Waals surface area contributed by atoms with E-state index in [1.54, 1.807) is 6.20 Å². The Bertz CT molecular complexity index is 2260. The van der Waals surface area contributed by atoms with E-state index in [9.17, 15) is 0 Å². The summed E-state index contributed by atoms with van der Waals surface area (Å²) in [6.07, 6.45) is 1.74. The Kier molecular flexibility index (Phi) is 6.05. The van der Waals surface area contributed by atoms with Crippen LogP contribution in [0.4, 0.5) is 0 Å². The third-order valence-electron chi connectivity index (χ3n) is 9.07. The summed E-state index contributed by atoms with van der Waals surface area (Å²) in [4.78, 5) is 18.9. The van der Waals surface area contributed by atoms with Crippen LogP contribution in [0, 0.1) is 0 Å². The topological polar surface area (TPSA) is 70.0 Å². The number of pyridine rings is 1. The Morgan fingerprint density at radius 3 is 1.91 bits per heavy atom. The Morgan fingerprint density at radius 2 is 1.13 bits per heavy atom. The number of rotatable bonds is 4. The molecular formula is C41H28N4O2. The van der Waals surface area contributed by atoms with Crippen LogP contribution in [0.5, 0.6) is 23.0 Å². The highest BCUT2D eigenvalue weighted by atomic mass is 16.6. The van der Waals surface area contributed by atoms with E-state index in [1.165, 1.54) is 22.3 Å². The van der Waals surface area contributed by atoms with Gasteiger partial charge in [0.05, 0.1) is 0 Å². The smallest absolute Gasteiger partial charge is 0.182 e. The van der Waals surface area contributed by atoms with E-state index in [2.05, 4.69) is 73.4 Å². The molecule has 0 amide bonds. The van der Waals surface area contributed by atoms with E-state index in [1.807, 2.05) is 72.8 Å². The SMILES string of the molecule is CC1(C)c2ccccc2-c2cc3c(cc21)Oc1cccc(-c2ccc(-c4nc(-c5ccccc5)nc(-c5ccccn5)n4)cc2)c1O3. The second kappa shape index (κ2) is 10.5. The van der Waals surface area contributed by atoms with E-state index in [0.717, 1.165) is 28.0 Å². The number of fused-ring (bicyclic) bond motifs is 5. The lowest BCUT2D eigenvalue weighted by Crippen LogP contribution is -2.15. The summed E-state index contributed by atoms with van der Waals surface area (Å²) in [7, 11) is 0. The third kappa shape index (κ3) is 4.49. The molecule has 0 radical (unpaired) electrons. The lowest BCUT2D eigenvalue weighted by molar-refractivity contribution is 0.360. The van der Waals surface area contributed by atoms with Crippen LogP contribution in [-0.4, -0.2) is 19.9 Å². The number of para-hydroxylation sites is 1. The molecule has 47 heavy (non-hydrogen) atoms. The predicted octanol–water partition coefficient (Wildman–Crippen LogP) is 10.1. The fourth-order valence-corrected chi connectivity index (χ4v) is 6.65. The van der Waals surface area contributed by atoms with Crippen LogP contribution in [0.1, 0.15) is 25.0 Å². The highest BCUT2D eigenvalue weighted by molar-refractivity contribution is 5.84. The van der Waals surface area contributed by atoms with Crippen LogP contribution in [0.2, 0.25) is 0 Å². The van der Waals surface area contributed by atoms with Crippen molar-refractivity contribution in [2.45, 2.75) is 19.3 Å². The average molecular weight is 609 g/mol. The number of hydrogen-bond donors (Lipinski definition) is 0. The standard InChI is InChI=1S/C41H28N4O2/c1-41(2)31-15-7-6-13-29(31)30-23-35-36(24-32(30)41)46-34-17-10-14-28(37(34)47-35)25-18-20-27(21-19-25)39-43-38(26-11-4-3-5-12-26)44-40(45-39)33-16-8-9-22-42-33/h3-24H,1-2H3. The molecule has 0 saturated heterocycles. The second-order valence-corrected chi connectivity index (χ2v) is 12.3. The van der Waals surface area contributed by atoms with Crippen LogP contribution >= 0.6 is 0 Å². The molecule has 2 aliphatic rings. The minimum atomic E-state index is -0.118. The van der Waals surface area contributed by atoms with Crippen molar-refractivity contribution in [2.24, 2.45) is 0 Å². The Balaban J connectivity index is 1.08. The molecule has 1 aliphatic heterocycles. The largest absolute Gasteiger partial charge is 0.449 e. The van der Waals surface area contributed by atoms with Gasteiger partial charge < -0.3 is 9.47 Å². The predicted molar refractivity (Wildman–Crippen MR) is 184 cm³/mol. The zero-order chi connectivity index (χ0) is 31.5. The zero-order valence-electron chi connectivity index (χ0n) is 25.8. The van der Waals surface area contributed by atoms with E-state index >= 15 is 0 Å². The van der Waals surface area contributed by atoms with Gasteiger partial charge in [-0.05, 0) is 58.1 Å². The molecule has 0 atom stereocenters. The quantitative estimate of drug-likeness (QED) is 0.198. The van der Waals surface area contributed by atoms with Crippen molar-refractivity contribution < 1.29 is 9.47 Å². The van der Waals surface area contributed by atoms with Gasteiger partial charge in [0.1, 0.15) is 5.69 Å². The molecule has 5 aromatic carbocycles. The lowest BCUT2D eigenvalue weighted by atomic mass is 9.82. The lowest BCUT2D eigenvalue weighted by Gasteiger charge is -2.26. The molecule has 0 fully saturated rings. The fraction of sp³-hybridized carbons (Fsp3) is 0.0732. The average Bonchev–Trinajstić information content (AvgIpc) is 3.35. The molecular weight excluding hydrogens is 580 g/mol. The maximum Gasteiger partial charge on any atom is 0.182 e. The molecule has 0 N–H and O–H groups in total. The minimum Gasteiger partial charge on any atom is -0.449 e. The molecule has 0 unspecified atom stereocenters. The molecule has 9 rings (SSSR count). The molecule has 1 aliphatic carbocycles. The molecule has 2 aromatic heterocycles. The van der Waals surface area contributed by atoms with Crippen molar-refractivity contribution in [3.8, 4) is 79.5 Å². The van der Waals surface area contributed by atoms with Gasteiger partial charge in [-0.15, -0.1) is 0 Å². The Morgan fingerprint density at radius 1 is 0.468 bits per heavy atom. The number of nitrogens with zero attached hydrogens (tertiary/aromatic N) is 4. The molecule has 3 heterocycles. The maximum atomic E-state index is 6.65. The first kappa shape index (κ1) is 27.2. The van der Waals surface area contributed by atoms with Gasteiger partial charge in [0.25, 0.3) is 0 Å². The van der Waals surface area contributed by atoms with Crippen molar-refractivity contribution >= 4 is 0 Å². The van der Waals surface area contributed by atoms with Gasteiger partial charge in [0, 0.05) is 28.3 Å². The molecule has 0 saturated carbocycles. The van der Waals surface area contributed by atoms with Crippen LogP contribution in [0.3, 0.4) is 0 Å². The number of aromatic nitrogens is 4. The molecule has 0 spiro atoms. The summed E-state index contributed by atoms with van der Waals surface area (Å²) in [6.45, 7) is 4.53. The normalized spacial score (nSPS) is 13.4. The van der Waals surface area contributed by atoms with Gasteiger partial charge in [-0.25, -0.2) is 15.0 Å². The molecule has 0 bridgehead atoms. The first-order valence-corrected chi connectivity index (χ1v) is 15.6. The first-order valence-electron chi connectivity index (χ1n) is 15.6. The molecule has 7 aromatic rings. The van der Waals surface area contributed by atoms with Gasteiger partial charge in [0.15, 0.2) is 40.5 Å². The summed E-state index contributed by atoms with van der Waals surface area (Å²) < 4.78 is 13.2. The van der Waals surface area contributed by atoms with Gasteiger partial charge in [0.2, 0.25) is 0 Å². The van der Waals surface area contributed by atoms with Gasteiger partial charge in [-0.1, -0.05) is 111 Å². The fourth-order valence-electron chi connectivity index (χ4n) is 6.65. The van der Waals surface area contributed by atoms with E-state index in [0.29, 0.717) is 40.4 Å². The van der Waals surface area contributed by atoms with Crippen molar-refractivity contribution in [3.05, 3.63) is 145 Å². The summed E-state index contributed by atoms with van der Waals surface area (Å²) in [5.41, 5.74) is 9.29. The van der Waals surface area contributed by atoms with Gasteiger partial charge >= 0.3 is 0 Å². The number of hydrogen-bond acceptors (Lipinski definition) is 6. The second-order valence-electron chi connectivity index (χ2n) is 12.3. The molecule has 6 nitrogen and oxygen atoms in total. The van der Waals surface area contributed by atoms with E-state index < -0.39 is 0 Å². The van der Waals surface area contributed by atoms with Crippen LogP contribution in [0.25, 0.3) is 56.5 Å². The number of benzene rings is 5. The van der Waals surface area contributed by atoms with Crippen LogP contribution in [0.15, 0.2) is 134 Å². The van der Waals surface area contributed by atoms with Crippen molar-refractivity contribution in [2.75, 3.05) is 0 Å². The summed E-state index contributed by atoms with van der Waals surface area (Å²) in [5.74, 6) is 4.54. The Labute approximate surface area is 272 Å².